The quantitative estimate of drug-likeness (QED) is 0.547. The first kappa shape index (κ1) is 12.8. The van der Waals surface area contributed by atoms with E-state index in [1.54, 1.807) is 6.20 Å². The molecule has 0 aliphatic rings. The molecule has 106 valence electrons. The Labute approximate surface area is 128 Å². The van der Waals surface area contributed by atoms with E-state index in [2.05, 4.69) is 70.0 Å². The number of imidazole rings is 1. The third-order valence-corrected chi connectivity index (χ3v) is 3.82. The van der Waals surface area contributed by atoms with Gasteiger partial charge in [-0.3, -0.25) is 9.38 Å². The average Bonchev–Trinajstić information content (AvgIpc) is 2.99. The van der Waals surface area contributed by atoms with Crippen LogP contribution >= 0.6 is 0 Å². The minimum atomic E-state index is 0.942. The van der Waals surface area contributed by atoms with Crippen molar-refractivity contribution >= 4 is 5.65 Å². The van der Waals surface area contributed by atoms with Gasteiger partial charge in [-0.1, -0.05) is 29.8 Å². The Kier molecular flexibility index (Phi) is 2.97. The lowest BCUT2D eigenvalue weighted by Gasteiger charge is -2.05. The molecule has 0 saturated carbocycles. The standard InChI is InChI=1S/C19H15N3/c1-14-4-2-5-16(10-14)18-13-21-19-11-15(7-9-22(18)19)17-6-3-8-20-12-17/h2-13H,1H3. The van der Waals surface area contributed by atoms with Gasteiger partial charge in [0.15, 0.2) is 0 Å². The molecule has 22 heavy (non-hydrogen) atoms. The van der Waals surface area contributed by atoms with Crippen LogP contribution in [0.1, 0.15) is 5.56 Å². The predicted octanol–water partition coefficient (Wildman–Crippen LogP) is 4.37. The van der Waals surface area contributed by atoms with Crippen LogP contribution in [0.3, 0.4) is 0 Å². The summed E-state index contributed by atoms with van der Waals surface area (Å²) in [4.78, 5) is 8.73. The largest absolute Gasteiger partial charge is 0.300 e. The van der Waals surface area contributed by atoms with Gasteiger partial charge in [-0.2, -0.15) is 0 Å². The van der Waals surface area contributed by atoms with Crippen LogP contribution < -0.4 is 0 Å². The van der Waals surface area contributed by atoms with Crippen molar-refractivity contribution in [2.45, 2.75) is 6.92 Å². The van der Waals surface area contributed by atoms with Crippen molar-refractivity contribution < 1.29 is 0 Å². The van der Waals surface area contributed by atoms with Gasteiger partial charge in [0.2, 0.25) is 0 Å². The van der Waals surface area contributed by atoms with E-state index in [-0.39, 0.29) is 0 Å². The highest BCUT2D eigenvalue weighted by atomic mass is 15.0. The second-order valence-corrected chi connectivity index (χ2v) is 5.40. The maximum Gasteiger partial charge on any atom is 0.137 e. The Morgan fingerprint density at radius 2 is 1.77 bits per heavy atom. The van der Waals surface area contributed by atoms with Crippen LogP contribution in [0.4, 0.5) is 0 Å². The molecule has 3 heterocycles. The molecule has 0 bridgehead atoms. The Morgan fingerprint density at radius 1 is 0.864 bits per heavy atom. The summed E-state index contributed by atoms with van der Waals surface area (Å²) in [5, 5.41) is 0. The molecular weight excluding hydrogens is 270 g/mol. The van der Waals surface area contributed by atoms with E-state index < -0.39 is 0 Å². The monoisotopic (exact) mass is 285 g/mol. The van der Waals surface area contributed by atoms with Crippen molar-refractivity contribution in [3.05, 3.63) is 78.9 Å². The Bertz CT molecular complexity index is 939. The molecular formula is C19H15N3. The molecule has 0 saturated heterocycles. The van der Waals surface area contributed by atoms with Crippen molar-refractivity contribution in [2.75, 3.05) is 0 Å². The molecule has 0 N–H and O–H groups in total. The summed E-state index contributed by atoms with van der Waals surface area (Å²) in [5.74, 6) is 0. The summed E-state index contributed by atoms with van der Waals surface area (Å²) in [6.07, 6.45) is 7.66. The number of hydrogen-bond donors (Lipinski definition) is 0. The second kappa shape index (κ2) is 5.11. The molecule has 3 aromatic heterocycles. The Balaban J connectivity index is 1.84. The van der Waals surface area contributed by atoms with E-state index in [9.17, 15) is 0 Å². The third-order valence-electron chi connectivity index (χ3n) is 3.82. The van der Waals surface area contributed by atoms with Crippen molar-refractivity contribution in [1.82, 2.24) is 14.4 Å². The van der Waals surface area contributed by atoms with E-state index in [1.165, 1.54) is 11.1 Å². The molecule has 0 unspecified atom stereocenters. The predicted molar refractivity (Wildman–Crippen MR) is 88.6 cm³/mol. The molecule has 4 aromatic rings. The minimum absolute atomic E-state index is 0.942. The van der Waals surface area contributed by atoms with Gasteiger partial charge in [0.1, 0.15) is 5.65 Å². The fourth-order valence-electron chi connectivity index (χ4n) is 2.71. The number of fused-ring (bicyclic) bond motifs is 1. The summed E-state index contributed by atoms with van der Waals surface area (Å²) in [6.45, 7) is 2.10. The minimum Gasteiger partial charge on any atom is -0.300 e. The maximum absolute atomic E-state index is 4.55. The summed E-state index contributed by atoms with van der Waals surface area (Å²) >= 11 is 0. The van der Waals surface area contributed by atoms with Gasteiger partial charge in [0, 0.05) is 29.7 Å². The highest BCUT2D eigenvalue weighted by molar-refractivity contribution is 5.70. The molecule has 0 fully saturated rings. The van der Waals surface area contributed by atoms with E-state index >= 15 is 0 Å². The van der Waals surface area contributed by atoms with E-state index in [0.29, 0.717) is 0 Å². The first-order valence-electron chi connectivity index (χ1n) is 7.26. The molecule has 0 atom stereocenters. The summed E-state index contributed by atoms with van der Waals surface area (Å²) < 4.78 is 2.12. The van der Waals surface area contributed by atoms with Crippen LogP contribution in [0, 0.1) is 6.92 Å². The second-order valence-electron chi connectivity index (χ2n) is 5.40. The zero-order valence-electron chi connectivity index (χ0n) is 12.3. The summed E-state index contributed by atoms with van der Waals surface area (Å²) in [6, 6.07) is 16.7. The van der Waals surface area contributed by atoms with Crippen LogP contribution in [0.5, 0.6) is 0 Å². The Morgan fingerprint density at radius 3 is 2.59 bits per heavy atom. The number of benzene rings is 1. The van der Waals surface area contributed by atoms with Gasteiger partial charge in [0.05, 0.1) is 11.9 Å². The molecule has 1 aromatic carbocycles. The molecule has 0 aliphatic heterocycles. The molecule has 0 radical (unpaired) electrons. The molecule has 0 spiro atoms. The van der Waals surface area contributed by atoms with E-state index in [0.717, 1.165) is 22.5 Å². The van der Waals surface area contributed by atoms with Crippen LogP contribution in [-0.4, -0.2) is 14.4 Å². The van der Waals surface area contributed by atoms with Gasteiger partial charge in [-0.15, -0.1) is 0 Å². The van der Waals surface area contributed by atoms with Gasteiger partial charge < -0.3 is 0 Å². The molecule has 0 amide bonds. The van der Waals surface area contributed by atoms with E-state index in [1.807, 2.05) is 18.5 Å². The van der Waals surface area contributed by atoms with Crippen LogP contribution in [0.15, 0.2) is 73.3 Å². The van der Waals surface area contributed by atoms with Gasteiger partial charge >= 0.3 is 0 Å². The third kappa shape index (κ3) is 2.17. The highest BCUT2D eigenvalue weighted by Gasteiger charge is 2.07. The number of nitrogens with zero attached hydrogens (tertiary/aromatic N) is 3. The number of rotatable bonds is 2. The smallest absolute Gasteiger partial charge is 0.137 e. The lowest BCUT2D eigenvalue weighted by molar-refractivity contribution is 1.19. The fourth-order valence-corrected chi connectivity index (χ4v) is 2.71. The summed E-state index contributed by atoms with van der Waals surface area (Å²) in [5.41, 5.74) is 6.71. The van der Waals surface area contributed by atoms with Crippen molar-refractivity contribution in [1.29, 1.82) is 0 Å². The molecule has 0 aliphatic carbocycles. The van der Waals surface area contributed by atoms with Crippen molar-refractivity contribution in [3.8, 4) is 22.4 Å². The lowest BCUT2D eigenvalue weighted by atomic mass is 10.1. The number of hydrogen-bond acceptors (Lipinski definition) is 2. The van der Waals surface area contributed by atoms with Gasteiger partial charge in [0.25, 0.3) is 0 Å². The zero-order valence-corrected chi connectivity index (χ0v) is 12.3. The number of aromatic nitrogens is 3. The van der Waals surface area contributed by atoms with E-state index in [4.69, 9.17) is 0 Å². The SMILES string of the molecule is Cc1cccc(-c2cnc3cc(-c4cccnc4)ccn23)c1. The maximum atomic E-state index is 4.55. The van der Waals surface area contributed by atoms with Crippen molar-refractivity contribution in [3.63, 3.8) is 0 Å². The topological polar surface area (TPSA) is 30.2 Å². The normalized spacial score (nSPS) is 11.0. The first-order chi connectivity index (χ1) is 10.8. The average molecular weight is 285 g/mol. The zero-order chi connectivity index (χ0) is 14.9. The summed E-state index contributed by atoms with van der Waals surface area (Å²) in [7, 11) is 0. The van der Waals surface area contributed by atoms with Crippen LogP contribution in [-0.2, 0) is 0 Å². The first-order valence-corrected chi connectivity index (χ1v) is 7.26. The lowest BCUT2D eigenvalue weighted by Crippen LogP contribution is -1.89. The van der Waals surface area contributed by atoms with Crippen LogP contribution in [0.25, 0.3) is 28.0 Å². The molecule has 4 rings (SSSR count). The van der Waals surface area contributed by atoms with Gasteiger partial charge in [-0.25, -0.2) is 4.98 Å². The van der Waals surface area contributed by atoms with Gasteiger partial charge in [-0.05, 0) is 36.8 Å². The highest BCUT2D eigenvalue weighted by Crippen LogP contribution is 2.25. The fraction of sp³-hybridized carbons (Fsp3) is 0.0526. The molecule has 3 heteroatoms. The van der Waals surface area contributed by atoms with Crippen LogP contribution in [0.2, 0.25) is 0 Å². The molecule has 3 nitrogen and oxygen atoms in total. The number of pyridine rings is 2. The Hall–Kier alpha value is -2.94. The van der Waals surface area contributed by atoms with Crippen molar-refractivity contribution in [2.24, 2.45) is 0 Å². The number of aryl methyl sites for hydroxylation is 1.